The van der Waals surface area contributed by atoms with Gasteiger partial charge in [-0.3, -0.25) is 0 Å². The Bertz CT molecular complexity index is 842. The highest BCUT2D eigenvalue weighted by Crippen LogP contribution is 2.33. The first kappa shape index (κ1) is 16.5. The van der Waals surface area contributed by atoms with E-state index in [0.717, 1.165) is 42.8 Å². The largest absolute Gasteiger partial charge is 0.390 e. The van der Waals surface area contributed by atoms with E-state index < -0.39 is 5.60 Å². The zero-order valence-electron chi connectivity index (χ0n) is 14.6. The van der Waals surface area contributed by atoms with Gasteiger partial charge in [-0.2, -0.15) is 0 Å². The van der Waals surface area contributed by atoms with Crippen molar-refractivity contribution in [2.24, 2.45) is 5.92 Å². The summed E-state index contributed by atoms with van der Waals surface area (Å²) in [6, 6.07) is 8.56. The Morgan fingerprint density at radius 2 is 2.00 bits per heavy atom. The fraction of sp³-hybridized carbons (Fsp3) is 0.474. The van der Waals surface area contributed by atoms with Gasteiger partial charge in [-0.05, 0) is 69.0 Å². The molecule has 0 spiro atoms. The van der Waals surface area contributed by atoms with Gasteiger partial charge in [0, 0.05) is 6.04 Å². The van der Waals surface area contributed by atoms with Crippen molar-refractivity contribution in [3.8, 4) is 10.6 Å². The molecule has 1 aliphatic carbocycles. The lowest BCUT2D eigenvalue weighted by Crippen LogP contribution is -2.37. The van der Waals surface area contributed by atoms with E-state index in [0.29, 0.717) is 12.0 Å². The lowest BCUT2D eigenvalue weighted by atomic mass is 9.77. The van der Waals surface area contributed by atoms with Crippen molar-refractivity contribution in [1.29, 1.82) is 0 Å². The molecule has 3 aromatic rings. The second-order valence-corrected chi connectivity index (χ2v) is 8.40. The molecule has 5 nitrogen and oxygen atoms in total. The van der Waals surface area contributed by atoms with E-state index in [9.17, 15) is 5.11 Å². The molecule has 0 unspecified atom stereocenters. The van der Waals surface area contributed by atoms with Crippen molar-refractivity contribution >= 4 is 22.8 Å². The first-order valence-corrected chi connectivity index (χ1v) is 9.76. The van der Waals surface area contributed by atoms with Gasteiger partial charge in [0.15, 0.2) is 5.65 Å². The number of nitrogens with zero attached hydrogens (tertiary/aromatic N) is 3. The number of nitrogens with one attached hydrogen (secondary N) is 1. The van der Waals surface area contributed by atoms with Crippen LogP contribution in [-0.4, -0.2) is 31.3 Å². The number of aliphatic hydroxyl groups is 1. The molecule has 0 atom stereocenters. The molecule has 132 valence electrons. The molecule has 0 radical (unpaired) electrons. The van der Waals surface area contributed by atoms with Crippen LogP contribution in [-0.2, 0) is 0 Å². The quantitative estimate of drug-likeness (QED) is 0.735. The van der Waals surface area contributed by atoms with E-state index in [1.54, 1.807) is 11.3 Å². The van der Waals surface area contributed by atoms with Crippen LogP contribution in [0.3, 0.4) is 0 Å². The Morgan fingerprint density at radius 1 is 1.20 bits per heavy atom. The summed E-state index contributed by atoms with van der Waals surface area (Å²) < 4.78 is 1.91. The van der Waals surface area contributed by atoms with Gasteiger partial charge >= 0.3 is 0 Å². The van der Waals surface area contributed by atoms with Crippen LogP contribution >= 0.6 is 11.3 Å². The van der Waals surface area contributed by atoms with Crippen LogP contribution < -0.4 is 5.32 Å². The molecule has 25 heavy (non-hydrogen) atoms. The average Bonchev–Trinajstić information content (AvgIpc) is 3.23. The number of aromatic nitrogens is 3. The van der Waals surface area contributed by atoms with Gasteiger partial charge in [-0.25, -0.2) is 9.50 Å². The predicted octanol–water partition coefficient (Wildman–Crippen LogP) is 4.20. The highest BCUT2D eigenvalue weighted by molar-refractivity contribution is 7.13. The van der Waals surface area contributed by atoms with Crippen molar-refractivity contribution in [2.45, 2.75) is 51.2 Å². The maximum Gasteiger partial charge on any atom is 0.154 e. The SMILES string of the molecule is CC(C)(O)[C@H]1CC[C@H](Nc2ccc3ncc(-c4cccs4)n3n2)CC1. The van der Waals surface area contributed by atoms with Gasteiger partial charge in [0.25, 0.3) is 0 Å². The zero-order valence-corrected chi connectivity index (χ0v) is 15.5. The topological polar surface area (TPSA) is 62.5 Å². The van der Waals surface area contributed by atoms with E-state index in [1.807, 2.05) is 42.8 Å². The Hall–Kier alpha value is -1.92. The smallest absolute Gasteiger partial charge is 0.154 e. The lowest BCUT2D eigenvalue weighted by Gasteiger charge is -2.36. The highest BCUT2D eigenvalue weighted by Gasteiger charge is 2.31. The van der Waals surface area contributed by atoms with Crippen molar-refractivity contribution in [1.82, 2.24) is 14.6 Å². The van der Waals surface area contributed by atoms with Gasteiger partial charge in [0.2, 0.25) is 0 Å². The van der Waals surface area contributed by atoms with Crippen LogP contribution in [0.2, 0.25) is 0 Å². The van der Waals surface area contributed by atoms with Crippen molar-refractivity contribution in [2.75, 3.05) is 5.32 Å². The maximum atomic E-state index is 10.2. The highest BCUT2D eigenvalue weighted by atomic mass is 32.1. The minimum Gasteiger partial charge on any atom is -0.390 e. The first-order valence-electron chi connectivity index (χ1n) is 8.88. The van der Waals surface area contributed by atoms with E-state index in [2.05, 4.69) is 21.7 Å². The second kappa shape index (κ2) is 6.42. The molecule has 1 fully saturated rings. The number of hydrogen-bond donors (Lipinski definition) is 2. The summed E-state index contributed by atoms with van der Waals surface area (Å²) >= 11 is 1.69. The third kappa shape index (κ3) is 3.41. The van der Waals surface area contributed by atoms with Crippen LogP contribution in [0.4, 0.5) is 5.82 Å². The number of hydrogen-bond acceptors (Lipinski definition) is 5. The maximum absolute atomic E-state index is 10.2. The Balaban J connectivity index is 1.50. The molecule has 1 aliphatic rings. The summed E-state index contributed by atoms with van der Waals surface area (Å²) in [7, 11) is 0. The summed E-state index contributed by atoms with van der Waals surface area (Å²) in [5.74, 6) is 1.27. The number of anilines is 1. The minimum absolute atomic E-state index is 0.389. The van der Waals surface area contributed by atoms with Gasteiger partial charge in [-0.1, -0.05) is 6.07 Å². The van der Waals surface area contributed by atoms with Gasteiger partial charge in [-0.15, -0.1) is 16.4 Å². The van der Waals surface area contributed by atoms with Crippen LogP contribution in [0.5, 0.6) is 0 Å². The second-order valence-electron chi connectivity index (χ2n) is 7.46. The van der Waals surface area contributed by atoms with Crippen LogP contribution in [0.15, 0.2) is 35.8 Å². The molecular formula is C19H24N4OS. The number of rotatable bonds is 4. The van der Waals surface area contributed by atoms with E-state index in [1.165, 1.54) is 4.88 Å². The van der Waals surface area contributed by atoms with Crippen LogP contribution in [0.25, 0.3) is 16.2 Å². The first-order chi connectivity index (χ1) is 12.0. The summed E-state index contributed by atoms with van der Waals surface area (Å²) in [5.41, 5.74) is 1.31. The monoisotopic (exact) mass is 356 g/mol. The van der Waals surface area contributed by atoms with Crippen LogP contribution in [0.1, 0.15) is 39.5 Å². The number of imidazole rings is 1. The standard InChI is InChI=1S/C19H24N4OS/c1-19(2,24)13-5-7-14(8-6-13)21-17-9-10-18-20-12-15(23(18)22-17)16-4-3-11-25-16/h3-4,9-14,24H,5-8H2,1-2H3,(H,21,22)/t13-,14-. The molecule has 0 amide bonds. The summed E-state index contributed by atoms with van der Waals surface area (Å²) in [6.45, 7) is 3.85. The fourth-order valence-electron chi connectivity index (χ4n) is 3.70. The minimum atomic E-state index is -0.575. The molecule has 4 rings (SSSR count). The molecule has 3 aromatic heterocycles. The Labute approximate surface area is 151 Å². The molecule has 3 heterocycles. The van der Waals surface area contributed by atoms with Crippen molar-refractivity contribution in [3.05, 3.63) is 35.8 Å². The fourth-order valence-corrected chi connectivity index (χ4v) is 4.42. The molecule has 2 N–H and O–H groups in total. The summed E-state index contributed by atoms with van der Waals surface area (Å²) in [4.78, 5) is 5.62. The average molecular weight is 356 g/mol. The molecule has 0 aromatic carbocycles. The Kier molecular flexibility index (Phi) is 4.25. The molecular weight excluding hydrogens is 332 g/mol. The normalized spacial score (nSPS) is 21.6. The van der Waals surface area contributed by atoms with Gasteiger partial charge in [0.1, 0.15) is 11.5 Å². The Morgan fingerprint density at radius 3 is 2.68 bits per heavy atom. The van der Waals surface area contributed by atoms with Gasteiger partial charge in [0.05, 0.1) is 16.7 Å². The van der Waals surface area contributed by atoms with Crippen molar-refractivity contribution in [3.63, 3.8) is 0 Å². The van der Waals surface area contributed by atoms with Crippen LogP contribution in [0, 0.1) is 5.92 Å². The molecule has 1 saturated carbocycles. The van der Waals surface area contributed by atoms with Gasteiger partial charge < -0.3 is 10.4 Å². The van der Waals surface area contributed by atoms with E-state index in [4.69, 9.17) is 5.10 Å². The molecule has 6 heteroatoms. The predicted molar refractivity (Wildman–Crippen MR) is 102 cm³/mol. The molecule has 0 saturated heterocycles. The number of fused-ring (bicyclic) bond motifs is 1. The number of thiophene rings is 1. The zero-order chi connectivity index (χ0) is 17.4. The lowest BCUT2D eigenvalue weighted by molar-refractivity contribution is -0.000405. The van der Waals surface area contributed by atoms with E-state index >= 15 is 0 Å². The summed E-state index contributed by atoms with van der Waals surface area (Å²) in [6.07, 6.45) is 6.11. The third-order valence-electron chi connectivity index (χ3n) is 5.21. The molecule has 0 aliphatic heterocycles. The molecule has 0 bridgehead atoms. The van der Waals surface area contributed by atoms with E-state index in [-0.39, 0.29) is 0 Å². The summed E-state index contributed by atoms with van der Waals surface area (Å²) in [5, 5.41) is 20.6. The van der Waals surface area contributed by atoms with Crippen molar-refractivity contribution < 1.29 is 5.11 Å². The third-order valence-corrected chi connectivity index (χ3v) is 6.11.